The maximum Gasteiger partial charge on any atom is 0.127 e. The predicted octanol–water partition coefficient (Wildman–Crippen LogP) is 3.85. The molecule has 1 N–H and O–H groups in total. The summed E-state index contributed by atoms with van der Waals surface area (Å²) < 4.78 is 13.3. The zero-order chi connectivity index (χ0) is 12.1. The van der Waals surface area contributed by atoms with E-state index in [0.29, 0.717) is 12.1 Å². The van der Waals surface area contributed by atoms with Gasteiger partial charge in [0.2, 0.25) is 0 Å². The molecule has 0 amide bonds. The van der Waals surface area contributed by atoms with Crippen molar-refractivity contribution in [2.45, 2.75) is 20.0 Å². The summed E-state index contributed by atoms with van der Waals surface area (Å²) in [7, 11) is 0. The van der Waals surface area contributed by atoms with Crippen molar-refractivity contribution in [3.63, 3.8) is 0 Å². The van der Waals surface area contributed by atoms with Gasteiger partial charge < -0.3 is 5.32 Å². The molecule has 0 aromatic heterocycles. The van der Waals surface area contributed by atoms with Crippen LogP contribution in [0.1, 0.15) is 16.7 Å². The van der Waals surface area contributed by atoms with Gasteiger partial charge in [0, 0.05) is 18.7 Å². The summed E-state index contributed by atoms with van der Waals surface area (Å²) in [5.74, 6) is -0.149. The number of rotatable bonds is 4. The summed E-state index contributed by atoms with van der Waals surface area (Å²) in [6, 6.07) is 15.2. The van der Waals surface area contributed by atoms with Crippen LogP contribution in [0, 0.1) is 12.7 Å². The molecule has 0 radical (unpaired) electrons. The van der Waals surface area contributed by atoms with E-state index in [4.69, 9.17) is 0 Å². The van der Waals surface area contributed by atoms with Gasteiger partial charge in [-0.05, 0) is 18.6 Å². The molecule has 0 atom stereocenters. The summed E-state index contributed by atoms with van der Waals surface area (Å²) in [6.45, 7) is 3.38. The highest BCUT2D eigenvalue weighted by Crippen LogP contribution is 2.07. The number of benzene rings is 2. The van der Waals surface area contributed by atoms with Crippen molar-refractivity contribution in [1.82, 2.24) is 5.32 Å². The molecule has 0 spiro atoms. The van der Waals surface area contributed by atoms with Crippen LogP contribution in [0.15, 0.2) is 48.5 Å². The van der Waals surface area contributed by atoms with Crippen molar-refractivity contribution >= 4 is 12.4 Å². The number of nitrogens with one attached hydrogen (secondary N) is 1. The molecule has 1 nitrogen and oxygen atoms in total. The molecule has 0 heterocycles. The second kappa shape index (κ2) is 7.14. The Morgan fingerprint density at radius 3 is 2.28 bits per heavy atom. The molecule has 0 aliphatic heterocycles. The van der Waals surface area contributed by atoms with Crippen LogP contribution in [0.5, 0.6) is 0 Å². The lowest BCUT2D eigenvalue weighted by Gasteiger charge is -2.06. The van der Waals surface area contributed by atoms with Crippen molar-refractivity contribution < 1.29 is 4.39 Å². The van der Waals surface area contributed by atoms with Crippen LogP contribution in [0.25, 0.3) is 0 Å². The fraction of sp³-hybridized carbons (Fsp3) is 0.200. The third-order valence-electron chi connectivity index (χ3n) is 2.72. The van der Waals surface area contributed by atoms with Gasteiger partial charge in [-0.3, -0.25) is 0 Å². The Labute approximate surface area is 113 Å². The van der Waals surface area contributed by atoms with E-state index in [9.17, 15) is 4.39 Å². The third-order valence-corrected chi connectivity index (χ3v) is 2.72. The minimum atomic E-state index is -0.149. The Kier molecular flexibility index (Phi) is 5.83. The Hall–Kier alpha value is -1.38. The van der Waals surface area contributed by atoms with Crippen molar-refractivity contribution in [3.05, 3.63) is 71.0 Å². The van der Waals surface area contributed by atoms with Gasteiger partial charge in [-0.25, -0.2) is 4.39 Å². The van der Waals surface area contributed by atoms with Gasteiger partial charge in [-0.2, -0.15) is 0 Å². The third kappa shape index (κ3) is 4.13. The molecule has 0 saturated carbocycles. The zero-order valence-electron chi connectivity index (χ0n) is 10.3. The lowest BCUT2D eigenvalue weighted by molar-refractivity contribution is 0.588. The Morgan fingerprint density at radius 2 is 1.61 bits per heavy atom. The highest BCUT2D eigenvalue weighted by atomic mass is 35.5. The SMILES string of the molecule is Cc1ccc(CNCc2ccccc2F)cc1.Cl. The summed E-state index contributed by atoms with van der Waals surface area (Å²) in [4.78, 5) is 0. The first-order chi connectivity index (χ1) is 8.25. The molecule has 3 heteroatoms. The maximum atomic E-state index is 13.3. The first-order valence-electron chi connectivity index (χ1n) is 5.75. The summed E-state index contributed by atoms with van der Waals surface area (Å²) in [5.41, 5.74) is 3.18. The van der Waals surface area contributed by atoms with Gasteiger partial charge in [-0.1, -0.05) is 48.0 Å². The molecular weight excluding hydrogens is 249 g/mol. The number of hydrogen-bond acceptors (Lipinski definition) is 1. The highest BCUT2D eigenvalue weighted by Gasteiger charge is 1.99. The molecular formula is C15H17ClFN. The van der Waals surface area contributed by atoms with Crippen LogP contribution < -0.4 is 5.32 Å². The topological polar surface area (TPSA) is 12.0 Å². The smallest absolute Gasteiger partial charge is 0.127 e. The number of aryl methyl sites for hydroxylation is 1. The van der Waals surface area contributed by atoms with Gasteiger partial charge >= 0.3 is 0 Å². The molecule has 0 fully saturated rings. The second-order valence-electron chi connectivity index (χ2n) is 4.18. The van der Waals surface area contributed by atoms with Crippen LogP contribution in [0.4, 0.5) is 4.39 Å². The molecule has 2 aromatic carbocycles. The molecule has 96 valence electrons. The maximum absolute atomic E-state index is 13.3. The Morgan fingerprint density at radius 1 is 0.944 bits per heavy atom. The average molecular weight is 266 g/mol. The van der Waals surface area contributed by atoms with E-state index in [0.717, 1.165) is 6.54 Å². The minimum absolute atomic E-state index is 0. The van der Waals surface area contributed by atoms with Crippen LogP contribution in [0.2, 0.25) is 0 Å². The van der Waals surface area contributed by atoms with E-state index >= 15 is 0 Å². The van der Waals surface area contributed by atoms with Crippen LogP contribution in [0.3, 0.4) is 0 Å². The van der Waals surface area contributed by atoms with Gasteiger partial charge in [0.15, 0.2) is 0 Å². The van der Waals surface area contributed by atoms with Crippen molar-refractivity contribution in [1.29, 1.82) is 0 Å². The number of hydrogen-bond donors (Lipinski definition) is 1. The lowest BCUT2D eigenvalue weighted by atomic mass is 10.1. The van der Waals surface area contributed by atoms with E-state index in [1.165, 1.54) is 17.2 Å². The monoisotopic (exact) mass is 265 g/mol. The van der Waals surface area contributed by atoms with Crippen LogP contribution in [-0.2, 0) is 13.1 Å². The van der Waals surface area contributed by atoms with Gasteiger partial charge in [0.05, 0.1) is 0 Å². The van der Waals surface area contributed by atoms with Crippen LogP contribution >= 0.6 is 12.4 Å². The highest BCUT2D eigenvalue weighted by molar-refractivity contribution is 5.85. The molecule has 2 rings (SSSR count). The van der Waals surface area contributed by atoms with Crippen molar-refractivity contribution in [3.8, 4) is 0 Å². The van der Waals surface area contributed by atoms with E-state index < -0.39 is 0 Å². The molecule has 0 aliphatic carbocycles. The molecule has 0 bridgehead atoms. The van der Waals surface area contributed by atoms with E-state index in [1.54, 1.807) is 12.1 Å². The molecule has 18 heavy (non-hydrogen) atoms. The quantitative estimate of drug-likeness (QED) is 0.886. The Balaban J connectivity index is 0.00000162. The first kappa shape index (κ1) is 14.7. The van der Waals surface area contributed by atoms with E-state index in [-0.39, 0.29) is 18.2 Å². The lowest BCUT2D eigenvalue weighted by Crippen LogP contribution is -2.13. The standard InChI is InChI=1S/C15H16FN.ClH/c1-12-6-8-13(9-7-12)10-17-11-14-4-2-3-5-15(14)16;/h2-9,17H,10-11H2,1H3;1H. The fourth-order valence-electron chi connectivity index (χ4n) is 1.69. The average Bonchev–Trinajstić information content (AvgIpc) is 2.34. The summed E-state index contributed by atoms with van der Waals surface area (Å²) in [6.07, 6.45) is 0. The molecule has 2 aromatic rings. The first-order valence-corrected chi connectivity index (χ1v) is 5.75. The van der Waals surface area contributed by atoms with Crippen molar-refractivity contribution in [2.75, 3.05) is 0 Å². The van der Waals surface area contributed by atoms with Crippen LogP contribution in [-0.4, -0.2) is 0 Å². The second-order valence-corrected chi connectivity index (χ2v) is 4.18. The minimum Gasteiger partial charge on any atom is -0.309 e. The van der Waals surface area contributed by atoms with E-state index in [2.05, 4.69) is 36.5 Å². The Bertz CT molecular complexity index is 482. The number of halogens is 2. The summed E-state index contributed by atoms with van der Waals surface area (Å²) >= 11 is 0. The van der Waals surface area contributed by atoms with E-state index in [1.807, 2.05) is 6.07 Å². The summed E-state index contributed by atoms with van der Waals surface area (Å²) in [5, 5.41) is 3.24. The predicted molar refractivity (Wildman–Crippen MR) is 75.4 cm³/mol. The normalized spacial score (nSPS) is 9.89. The van der Waals surface area contributed by atoms with Gasteiger partial charge in [0.1, 0.15) is 5.82 Å². The molecule has 0 aliphatic rings. The van der Waals surface area contributed by atoms with Gasteiger partial charge in [-0.15, -0.1) is 12.4 Å². The zero-order valence-corrected chi connectivity index (χ0v) is 11.1. The molecule has 0 saturated heterocycles. The molecule has 0 unspecified atom stereocenters. The van der Waals surface area contributed by atoms with Crippen molar-refractivity contribution in [2.24, 2.45) is 0 Å². The largest absolute Gasteiger partial charge is 0.309 e. The fourth-order valence-corrected chi connectivity index (χ4v) is 1.69. The van der Waals surface area contributed by atoms with Gasteiger partial charge in [0.25, 0.3) is 0 Å².